The summed E-state index contributed by atoms with van der Waals surface area (Å²) >= 11 is 0. The Kier molecular flexibility index (Phi) is 7.28. The number of anilines is 1. The zero-order valence-electron chi connectivity index (χ0n) is 12.2. The molecule has 0 unspecified atom stereocenters. The van der Waals surface area contributed by atoms with Gasteiger partial charge in [0, 0.05) is 33.6 Å². The van der Waals surface area contributed by atoms with Crippen molar-refractivity contribution in [2.75, 3.05) is 39.7 Å². The van der Waals surface area contributed by atoms with Gasteiger partial charge in [-0.15, -0.1) is 0 Å². The van der Waals surface area contributed by atoms with E-state index in [4.69, 9.17) is 13.3 Å². The Morgan fingerprint density at radius 3 is 2.21 bits per heavy atom. The number of nitrogens with one attached hydrogen (secondary N) is 1. The van der Waals surface area contributed by atoms with E-state index in [2.05, 4.69) is 21.7 Å². The number of nitrogens with zero attached hydrogens (tertiary/aromatic N) is 1. The summed E-state index contributed by atoms with van der Waals surface area (Å²) in [5.41, 5.74) is 1.15. The summed E-state index contributed by atoms with van der Waals surface area (Å²) in [7, 11) is 3.21. The van der Waals surface area contributed by atoms with Gasteiger partial charge in [-0.05, 0) is 25.1 Å². The largest absolute Gasteiger partial charge is 0.591 e. The number of rotatable bonds is 9. The zero-order chi connectivity index (χ0) is 14.1. The van der Waals surface area contributed by atoms with Gasteiger partial charge in [0.2, 0.25) is 0 Å². The highest BCUT2D eigenvalue weighted by Gasteiger charge is 2.43. The van der Waals surface area contributed by atoms with Crippen LogP contribution in [-0.2, 0) is 13.3 Å². The molecule has 0 aliphatic rings. The molecule has 0 aliphatic carbocycles. The van der Waals surface area contributed by atoms with Crippen LogP contribution in [0.2, 0.25) is 0 Å². The van der Waals surface area contributed by atoms with Crippen molar-refractivity contribution in [2.45, 2.75) is 6.42 Å². The van der Waals surface area contributed by atoms with E-state index in [1.165, 1.54) is 0 Å². The standard InChI is InChI=1S/C12H24N2O3Si2/c1-15-19(16-2,17-3)14(18)11-7-10-13-12-8-5-4-6-9-12/h4-6,8-9,13H,7,10-11H2,1-3,18H3. The quantitative estimate of drug-likeness (QED) is 0.530. The summed E-state index contributed by atoms with van der Waals surface area (Å²) < 4.78 is 18.5. The highest BCUT2D eigenvalue weighted by molar-refractivity contribution is 6.62. The van der Waals surface area contributed by atoms with Crippen molar-refractivity contribution in [2.24, 2.45) is 0 Å². The fraction of sp³-hybridized carbons (Fsp3) is 0.500. The summed E-state index contributed by atoms with van der Waals surface area (Å²) in [4.78, 5) is 0. The fourth-order valence-electron chi connectivity index (χ4n) is 1.96. The van der Waals surface area contributed by atoms with Crippen LogP contribution in [0.4, 0.5) is 5.69 Å². The molecule has 0 fully saturated rings. The molecule has 1 aromatic carbocycles. The number of hydrogen-bond donors (Lipinski definition) is 1. The minimum absolute atomic E-state index is 0.854. The highest BCUT2D eigenvalue weighted by atomic mass is 28.4. The molecular formula is C12H24N2O3Si2. The predicted octanol–water partition coefficient (Wildman–Crippen LogP) is 0.446. The SMILES string of the molecule is CO[Si](OC)(OC)N([SiH3])CCCNc1ccccc1. The summed E-state index contributed by atoms with van der Waals surface area (Å²) in [6.07, 6.45) is 1.02. The van der Waals surface area contributed by atoms with Gasteiger partial charge in [-0.2, -0.15) is 0 Å². The lowest BCUT2D eigenvalue weighted by Crippen LogP contribution is -2.58. The van der Waals surface area contributed by atoms with Crippen LogP contribution in [0.5, 0.6) is 0 Å². The second kappa shape index (κ2) is 8.46. The highest BCUT2D eigenvalue weighted by Crippen LogP contribution is 2.11. The van der Waals surface area contributed by atoms with E-state index in [9.17, 15) is 0 Å². The van der Waals surface area contributed by atoms with E-state index in [0.29, 0.717) is 0 Å². The van der Waals surface area contributed by atoms with Gasteiger partial charge >= 0.3 is 8.97 Å². The first-order valence-electron chi connectivity index (χ1n) is 6.34. The third-order valence-corrected chi connectivity index (χ3v) is 7.81. The van der Waals surface area contributed by atoms with Crippen LogP contribution in [0, 0.1) is 0 Å². The lowest BCUT2D eigenvalue weighted by Gasteiger charge is -2.32. The topological polar surface area (TPSA) is 43.0 Å². The van der Waals surface area contributed by atoms with E-state index in [0.717, 1.165) is 35.6 Å². The van der Waals surface area contributed by atoms with E-state index in [-0.39, 0.29) is 0 Å². The molecule has 19 heavy (non-hydrogen) atoms. The van der Waals surface area contributed by atoms with Crippen LogP contribution < -0.4 is 5.32 Å². The first kappa shape index (κ1) is 16.3. The molecule has 1 aromatic rings. The zero-order valence-corrected chi connectivity index (χ0v) is 15.2. The van der Waals surface area contributed by atoms with Gasteiger partial charge in [0.1, 0.15) is 0 Å². The molecule has 108 valence electrons. The van der Waals surface area contributed by atoms with Crippen LogP contribution in [0.3, 0.4) is 0 Å². The van der Waals surface area contributed by atoms with Crippen LogP contribution in [0.1, 0.15) is 6.42 Å². The first-order valence-corrected chi connectivity index (χ1v) is 8.90. The lowest BCUT2D eigenvalue weighted by atomic mass is 10.3. The fourth-order valence-corrected chi connectivity index (χ4v) is 5.79. The summed E-state index contributed by atoms with van der Waals surface area (Å²) in [5.74, 6) is 0. The Hall–Kier alpha value is -0.706. The molecule has 7 heteroatoms. The molecular weight excluding hydrogens is 276 g/mol. The molecule has 0 atom stereocenters. The number of benzene rings is 1. The Morgan fingerprint density at radius 1 is 1.11 bits per heavy atom. The maximum atomic E-state index is 5.45. The predicted molar refractivity (Wildman–Crippen MR) is 83.0 cm³/mol. The monoisotopic (exact) mass is 300 g/mol. The van der Waals surface area contributed by atoms with Crippen molar-refractivity contribution in [1.82, 2.24) is 4.23 Å². The van der Waals surface area contributed by atoms with Crippen molar-refractivity contribution >= 4 is 25.1 Å². The molecule has 0 aliphatic heterocycles. The Balaban J connectivity index is 2.32. The summed E-state index contributed by atoms with van der Waals surface area (Å²) in [6.45, 7) is 1.83. The average molecular weight is 301 g/mol. The normalized spacial score (nSPS) is 12.0. The van der Waals surface area contributed by atoms with Gasteiger partial charge in [0.05, 0.1) is 10.4 Å². The van der Waals surface area contributed by atoms with Gasteiger partial charge in [0.15, 0.2) is 0 Å². The Labute approximate surface area is 119 Å². The van der Waals surface area contributed by atoms with Crippen molar-refractivity contribution in [3.8, 4) is 0 Å². The van der Waals surface area contributed by atoms with Crippen molar-refractivity contribution in [3.63, 3.8) is 0 Å². The van der Waals surface area contributed by atoms with E-state index in [1.54, 1.807) is 21.3 Å². The van der Waals surface area contributed by atoms with Crippen LogP contribution in [-0.4, -0.2) is 58.0 Å². The second-order valence-corrected chi connectivity index (χ2v) is 9.21. The summed E-state index contributed by atoms with van der Waals surface area (Å²) in [6, 6.07) is 10.2. The van der Waals surface area contributed by atoms with E-state index in [1.807, 2.05) is 18.2 Å². The molecule has 0 saturated heterocycles. The van der Waals surface area contributed by atoms with Crippen molar-refractivity contribution in [1.29, 1.82) is 0 Å². The molecule has 5 nitrogen and oxygen atoms in total. The van der Waals surface area contributed by atoms with Crippen molar-refractivity contribution in [3.05, 3.63) is 30.3 Å². The average Bonchev–Trinajstić information content (AvgIpc) is 2.47. The van der Waals surface area contributed by atoms with Gasteiger partial charge in [-0.1, -0.05) is 18.2 Å². The minimum atomic E-state index is -2.58. The van der Waals surface area contributed by atoms with E-state index < -0.39 is 8.97 Å². The molecule has 0 spiro atoms. The lowest BCUT2D eigenvalue weighted by molar-refractivity contribution is 0.0838. The smallest absolute Gasteiger partial charge is 0.385 e. The third-order valence-electron chi connectivity index (χ3n) is 3.01. The molecule has 0 aromatic heterocycles. The Bertz CT molecular complexity index is 342. The molecule has 1 rings (SSSR count). The van der Waals surface area contributed by atoms with Gasteiger partial charge in [-0.3, -0.25) is 4.23 Å². The Morgan fingerprint density at radius 2 is 1.68 bits per heavy atom. The number of hydrogen-bond acceptors (Lipinski definition) is 5. The van der Waals surface area contributed by atoms with Gasteiger partial charge in [0.25, 0.3) is 0 Å². The number of para-hydroxylation sites is 1. The first-order chi connectivity index (χ1) is 9.18. The molecule has 0 saturated carbocycles. The van der Waals surface area contributed by atoms with Crippen molar-refractivity contribution < 1.29 is 13.3 Å². The molecule has 0 bridgehead atoms. The maximum absolute atomic E-state index is 5.45. The van der Waals surface area contributed by atoms with Gasteiger partial charge in [-0.25, -0.2) is 0 Å². The summed E-state index contributed by atoms with van der Waals surface area (Å²) in [5, 5.41) is 3.39. The molecule has 0 amide bonds. The molecule has 0 heterocycles. The second-order valence-electron chi connectivity index (χ2n) is 4.20. The minimum Gasteiger partial charge on any atom is -0.385 e. The van der Waals surface area contributed by atoms with E-state index >= 15 is 0 Å². The maximum Gasteiger partial charge on any atom is 0.591 e. The van der Waals surface area contributed by atoms with Gasteiger partial charge < -0.3 is 18.6 Å². The molecule has 0 radical (unpaired) electrons. The van der Waals surface area contributed by atoms with Crippen LogP contribution in [0.25, 0.3) is 0 Å². The van der Waals surface area contributed by atoms with Crippen LogP contribution in [0.15, 0.2) is 30.3 Å². The van der Waals surface area contributed by atoms with Crippen LogP contribution >= 0.6 is 0 Å². The third kappa shape index (κ3) is 4.71. The molecule has 1 N–H and O–H groups in total.